The van der Waals surface area contributed by atoms with Gasteiger partial charge < -0.3 is 9.67 Å². The number of carbonyl (C=O) groups excluding carboxylic acids is 1. The number of hydrazone groups is 1. The van der Waals surface area contributed by atoms with Crippen LogP contribution in [0.1, 0.15) is 18.1 Å². The summed E-state index contributed by atoms with van der Waals surface area (Å²) in [7, 11) is 0. The van der Waals surface area contributed by atoms with E-state index in [2.05, 4.69) is 20.7 Å². The molecular weight excluding hydrogens is 374 g/mol. The predicted molar refractivity (Wildman–Crippen MR) is 110 cm³/mol. The second-order valence-electron chi connectivity index (χ2n) is 6.09. The Hall–Kier alpha value is -3.13. The Labute approximate surface area is 167 Å². The first-order chi connectivity index (χ1) is 13.6. The number of hydrogen-bond acceptors (Lipinski definition) is 6. The molecule has 0 spiro atoms. The molecule has 0 unspecified atom stereocenters. The summed E-state index contributed by atoms with van der Waals surface area (Å²) in [6, 6.07) is 14.6. The quantitative estimate of drug-likeness (QED) is 0.364. The molecule has 144 valence electrons. The molecule has 1 heterocycles. The number of nitrogens with zero attached hydrogens (tertiary/aromatic N) is 4. The maximum atomic E-state index is 12.0. The molecule has 1 aromatic heterocycles. The molecule has 0 bridgehead atoms. The first kappa shape index (κ1) is 19.6. The highest BCUT2D eigenvalue weighted by Crippen LogP contribution is 2.24. The van der Waals surface area contributed by atoms with Crippen LogP contribution < -0.4 is 5.43 Å². The topological polar surface area (TPSA) is 92.4 Å². The molecule has 28 heavy (non-hydrogen) atoms. The van der Waals surface area contributed by atoms with Gasteiger partial charge in [0.2, 0.25) is 0 Å². The van der Waals surface area contributed by atoms with Crippen molar-refractivity contribution in [1.29, 1.82) is 0 Å². The number of rotatable bonds is 7. The van der Waals surface area contributed by atoms with Gasteiger partial charge in [-0.3, -0.25) is 4.79 Å². The zero-order valence-electron chi connectivity index (χ0n) is 15.7. The van der Waals surface area contributed by atoms with Gasteiger partial charge in [0.05, 0.1) is 12.0 Å². The molecule has 7 nitrogen and oxygen atoms in total. The number of phenolic OH excluding ortho intramolecular Hbond substituents is 1. The number of nitrogens with one attached hydrogen (secondary N) is 1. The standard InChI is InChI=1S/C20H21N5O2S/c1-3-25-19(16-8-4-14(2)5-9-16)23-24-20(25)28-13-18(27)22-21-12-15-6-10-17(26)11-7-15/h4-12,26H,3,13H2,1-2H3,(H,22,27)/b21-12+. The Morgan fingerprint density at radius 2 is 1.89 bits per heavy atom. The molecule has 0 saturated heterocycles. The first-order valence-electron chi connectivity index (χ1n) is 8.81. The lowest BCUT2D eigenvalue weighted by atomic mass is 10.1. The van der Waals surface area contributed by atoms with Crippen LogP contribution in [0.3, 0.4) is 0 Å². The Bertz CT molecular complexity index is 965. The van der Waals surface area contributed by atoms with Gasteiger partial charge in [0, 0.05) is 12.1 Å². The maximum Gasteiger partial charge on any atom is 0.250 e. The van der Waals surface area contributed by atoms with Crippen LogP contribution in [0, 0.1) is 6.92 Å². The zero-order valence-corrected chi connectivity index (χ0v) is 16.5. The van der Waals surface area contributed by atoms with Crippen molar-refractivity contribution in [2.24, 2.45) is 5.10 Å². The van der Waals surface area contributed by atoms with Crippen LogP contribution in [0.2, 0.25) is 0 Å². The Morgan fingerprint density at radius 3 is 2.57 bits per heavy atom. The number of benzene rings is 2. The van der Waals surface area contributed by atoms with Crippen LogP contribution in [0.25, 0.3) is 11.4 Å². The van der Waals surface area contributed by atoms with E-state index in [1.165, 1.54) is 23.5 Å². The van der Waals surface area contributed by atoms with Gasteiger partial charge in [-0.15, -0.1) is 10.2 Å². The highest BCUT2D eigenvalue weighted by atomic mass is 32.2. The van der Waals surface area contributed by atoms with Crippen LogP contribution in [-0.2, 0) is 11.3 Å². The number of amides is 1. The lowest BCUT2D eigenvalue weighted by Crippen LogP contribution is -2.20. The average molecular weight is 395 g/mol. The Balaban J connectivity index is 1.58. The maximum absolute atomic E-state index is 12.0. The minimum atomic E-state index is -0.234. The summed E-state index contributed by atoms with van der Waals surface area (Å²) >= 11 is 1.32. The van der Waals surface area contributed by atoms with Crippen LogP contribution in [-0.4, -0.2) is 37.7 Å². The van der Waals surface area contributed by atoms with Crippen molar-refractivity contribution in [2.75, 3.05) is 5.75 Å². The van der Waals surface area contributed by atoms with E-state index in [4.69, 9.17) is 0 Å². The first-order valence-corrected chi connectivity index (χ1v) is 9.79. The molecule has 2 aromatic carbocycles. The van der Waals surface area contributed by atoms with E-state index in [0.717, 1.165) is 17.0 Å². The van der Waals surface area contributed by atoms with Gasteiger partial charge >= 0.3 is 0 Å². The fraction of sp³-hybridized carbons (Fsp3) is 0.200. The van der Waals surface area contributed by atoms with Gasteiger partial charge in [-0.05, 0) is 43.7 Å². The van der Waals surface area contributed by atoms with Gasteiger partial charge in [0.15, 0.2) is 11.0 Å². The summed E-state index contributed by atoms with van der Waals surface area (Å²) in [5, 5.41) is 22.4. The predicted octanol–water partition coefficient (Wildman–Crippen LogP) is 3.22. The lowest BCUT2D eigenvalue weighted by Gasteiger charge is -2.07. The Morgan fingerprint density at radius 1 is 1.18 bits per heavy atom. The van der Waals surface area contributed by atoms with Gasteiger partial charge in [0.1, 0.15) is 5.75 Å². The minimum absolute atomic E-state index is 0.180. The smallest absolute Gasteiger partial charge is 0.250 e. The fourth-order valence-electron chi connectivity index (χ4n) is 2.50. The molecule has 0 fully saturated rings. The van der Waals surface area contributed by atoms with Crippen LogP contribution >= 0.6 is 11.8 Å². The molecule has 3 rings (SSSR count). The highest BCUT2D eigenvalue weighted by molar-refractivity contribution is 7.99. The number of aryl methyl sites for hydroxylation is 1. The van der Waals surface area contributed by atoms with Crippen molar-refractivity contribution in [2.45, 2.75) is 25.5 Å². The summed E-state index contributed by atoms with van der Waals surface area (Å²) in [4.78, 5) is 12.0. The van der Waals surface area contributed by atoms with E-state index in [1.807, 2.05) is 42.7 Å². The van der Waals surface area contributed by atoms with E-state index >= 15 is 0 Å². The van der Waals surface area contributed by atoms with Gasteiger partial charge in [-0.1, -0.05) is 41.6 Å². The molecule has 0 atom stereocenters. The molecule has 1 amide bonds. The van der Waals surface area contributed by atoms with Crippen LogP contribution in [0.15, 0.2) is 58.8 Å². The summed E-state index contributed by atoms with van der Waals surface area (Å²) in [5.74, 6) is 0.917. The van der Waals surface area contributed by atoms with Crippen molar-refractivity contribution in [1.82, 2.24) is 20.2 Å². The second-order valence-corrected chi connectivity index (χ2v) is 7.03. The number of phenols is 1. The lowest BCUT2D eigenvalue weighted by molar-refractivity contribution is -0.118. The zero-order chi connectivity index (χ0) is 19.9. The van der Waals surface area contributed by atoms with Gasteiger partial charge in [-0.2, -0.15) is 5.10 Å². The number of thioether (sulfide) groups is 1. The van der Waals surface area contributed by atoms with Crippen LogP contribution in [0.5, 0.6) is 5.75 Å². The van der Waals surface area contributed by atoms with Crippen LogP contribution in [0.4, 0.5) is 0 Å². The van der Waals surface area contributed by atoms with E-state index < -0.39 is 0 Å². The molecule has 2 N–H and O–H groups in total. The number of aromatic nitrogens is 3. The molecule has 8 heteroatoms. The van der Waals surface area contributed by atoms with Crippen molar-refractivity contribution in [3.8, 4) is 17.1 Å². The average Bonchev–Trinajstić information content (AvgIpc) is 3.11. The monoisotopic (exact) mass is 395 g/mol. The third-order valence-electron chi connectivity index (χ3n) is 3.97. The Kier molecular flexibility index (Phi) is 6.44. The van der Waals surface area contributed by atoms with Crippen molar-refractivity contribution < 1.29 is 9.90 Å². The minimum Gasteiger partial charge on any atom is -0.508 e. The molecule has 0 radical (unpaired) electrons. The van der Waals surface area contributed by atoms with Crippen molar-refractivity contribution >= 4 is 23.9 Å². The third kappa shape index (κ3) is 4.98. The molecule has 0 aliphatic rings. The number of hydrogen-bond donors (Lipinski definition) is 2. The molecule has 0 aliphatic heterocycles. The number of carbonyl (C=O) groups is 1. The molecular formula is C20H21N5O2S. The molecule has 0 saturated carbocycles. The van der Waals surface area contributed by atoms with Crippen molar-refractivity contribution in [3.05, 3.63) is 59.7 Å². The van der Waals surface area contributed by atoms with Gasteiger partial charge in [-0.25, -0.2) is 5.43 Å². The highest BCUT2D eigenvalue weighted by Gasteiger charge is 2.14. The van der Waals surface area contributed by atoms with Crippen molar-refractivity contribution in [3.63, 3.8) is 0 Å². The normalized spacial score (nSPS) is 11.1. The summed E-state index contributed by atoms with van der Waals surface area (Å²) < 4.78 is 1.99. The summed E-state index contributed by atoms with van der Waals surface area (Å²) in [5.41, 5.74) is 5.45. The third-order valence-corrected chi connectivity index (χ3v) is 4.94. The molecule has 0 aliphatic carbocycles. The summed E-state index contributed by atoms with van der Waals surface area (Å²) in [6.45, 7) is 4.77. The second kappa shape index (κ2) is 9.18. The summed E-state index contributed by atoms with van der Waals surface area (Å²) in [6.07, 6.45) is 1.52. The largest absolute Gasteiger partial charge is 0.508 e. The molecule has 3 aromatic rings. The fourth-order valence-corrected chi connectivity index (χ4v) is 3.29. The number of aromatic hydroxyl groups is 1. The van der Waals surface area contributed by atoms with E-state index in [0.29, 0.717) is 11.7 Å². The van der Waals surface area contributed by atoms with E-state index in [-0.39, 0.29) is 17.4 Å². The van der Waals surface area contributed by atoms with E-state index in [1.54, 1.807) is 24.3 Å². The van der Waals surface area contributed by atoms with Gasteiger partial charge in [0.25, 0.3) is 5.91 Å². The van der Waals surface area contributed by atoms with E-state index in [9.17, 15) is 9.90 Å². The SMILES string of the molecule is CCn1c(SCC(=O)N/N=C/c2ccc(O)cc2)nnc1-c1ccc(C)cc1.